The van der Waals surface area contributed by atoms with Crippen molar-refractivity contribution in [2.24, 2.45) is 5.92 Å². The number of hydrogen-bond donors (Lipinski definition) is 0. The molecule has 4 aromatic rings. The van der Waals surface area contributed by atoms with Crippen molar-refractivity contribution in [1.82, 2.24) is 9.55 Å². The largest absolute Gasteiger partial charge is 0.268 e. The number of benzene rings is 2. The minimum Gasteiger partial charge on any atom is -0.268 e. The van der Waals surface area contributed by atoms with Crippen LogP contribution < -0.4 is 5.56 Å². The second kappa shape index (κ2) is 8.00. The Bertz CT molecular complexity index is 1260. The van der Waals surface area contributed by atoms with Gasteiger partial charge in [0.1, 0.15) is 10.6 Å². The van der Waals surface area contributed by atoms with E-state index in [1.165, 1.54) is 34.3 Å². The molecule has 0 aliphatic heterocycles. The summed E-state index contributed by atoms with van der Waals surface area (Å²) in [6.07, 6.45) is 3.09. The SMILES string of the molecule is C[C@H]1CCc2c(sc3nc(SCc4ccc(F)cc4)n(-c4ccccc4)c(=O)c23)C1. The normalized spacial score (nSPS) is 16.0. The van der Waals surface area contributed by atoms with E-state index in [2.05, 4.69) is 6.92 Å². The van der Waals surface area contributed by atoms with E-state index in [-0.39, 0.29) is 11.4 Å². The molecule has 0 spiro atoms. The Morgan fingerprint density at radius 2 is 1.93 bits per heavy atom. The highest BCUT2D eigenvalue weighted by atomic mass is 32.2. The maximum atomic E-state index is 13.7. The third-order valence-corrected chi connectivity index (χ3v) is 7.75. The molecule has 1 aliphatic carbocycles. The summed E-state index contributed by atoms with van der Waals surface area (Å²) >= 11 is 3.18. The molecule has 30 heavy (non-hydrogen) atoms. The number of halogens is 1. The van der Waals surface area contributed by atoms with Gasteiger partial charge in [-0.15, -0.1) is 11.3 Å². The molecular formula is C24H21FN2OS2. The Balaban J connectivity index is 1.64. The fourth-order valence-electron chi connectivity index (χ4n) is 4.00. The minimum atomic E-state index is -0.247. The van der Waals surface area contributed by atoms with Crippen molar-refractivity contribution in [1.29, 1.82) is 0 Å². The smallest absolute Gasteiger partial charge is 0.267 e. The van der Waals surface area contributed by atoms with Crippen LogP contribution in [-0.4, -0.2) is 9.55 Å². The van der Waals surface area contributed by atoms with E-state index in [4.69, 9.17) is 4.98 Å². The van der Waals surface area contributed by atoms with Gasteiger partial charge in [0.15, 0.2) is 5.16 Å². The highest BCUT2D eigenvalue weighted by Gasteiger charge is 2.25. The van der Waals surface area contributed by atoms with E-state index in [0.29, 0.717) is 16.8 Å². The van der Waals surface area contributed by atoms with E-state index in [1.54, 1.807) is 28.0 Å². The van der Waals surface area contributed by atoms with E-state index >= 15 is 0 Å². The van der Waals surface area contributed by atoms with Crippen LogP contribution in [0.1, 0.15) is 29.3 Å². The number of thioether (sulfide) groups is 1. The molecule has 5 rings (SSSR count). The molecule has 0 bridgehead atoms. The molecule has 6 heteroatoms. The molecule has 3 nitrogen and oxygen atoms in total. The quantitative estimate of drug-likeness (QED) is 0.291. The van der Waals surface area contributed by atoms with Crippen molar-refractivity contribution < 1.29 is 4.39 Å². The Morgan fingerprint density at radius 3 is 2.70 bits per heavy atom. The first-order valence-electron chi connectivity index (χ1n) is 10.1. The summed E-state index contributed by atoms with van der Waals surface area (Å²) in [4.78, 5) is 20.8. The zero-order valence-corrected chi connectivity index (χ0v) is 18.2. The minimum absolute atomic E-state index is 0.0138. The number of hydrogen-bond acceptors (Lipinski definition) is 4. The summed E-state index contributed by atoms with van der Waals surface area (Å²) in [5.41, 5.74) is 3.03. The van der Waals surface area contributed by atoms with Crippen LogP contribution in [0.25, 0.3) is 15.9 Å². The molecule has 0 saturated carbocycles. The molecule has 0 fully saturated rings. The van der Waals surface area contributed by atoms with E-state index in [1.807, 2.05) is 30.3 Å². The van der Waals surface area contributed by atoms with Gasteiger partial charge < -0.3 is 0 Å². The molecule has 2 heterocycles. The van der Waals surface area contributed by atoms with Crippen LogP contribution in [0.5, 0.6) is 0 Å². The third kappa shape index (κ3) is 3.59. The molecule has 1 atom stereocenters. The van der Waals surface area contributed by atoms with Gasteiger partial charge in [0.05, 0.1) is 11.1 Å². The highest BCUT2D eigenvalue weighted by Crippen LogP contribution is 2.37. The lowest BCUT2D eigenvalue weighted by Crippen LogP contribution is -2.22. The van der Waals surface area contributed by atoms with Crippen LogP contribution in [0.2, 0.25) is 0 Å². The number of fused-ring (bicyclic) bond motifs is 3. The summed E-state index contributed by atoms with van der Waals surface area (Å²) in [6.45, 7) is 2.27. The second-order valence-corrected chi connectivity index (χ2v) is 9.84. The Hall–Kier alpha value is -2.44. The second-order valence-electron chi connectivity index (χ2n) is 7.82. The Morgan fingerprint density at radius 1 is 1.17 bits per heavy atom. The van der Waals surface area contributed by atoms with E-state index in [9.17, 15) is 9.18 Å². The zero-order valence-electron chi connectivity index (χ0n) is 16.6. The van der Waals surface area contributed by atoms with Crippen molar-refractivity contribution >= 4 is 33.3 Å². The number of thiophene rings is 1. The van der Waals surface area contributed by atoms with Gasteiger partial charge in [0.2, 0.25) is 0 Å². The average molecular weight is 437 g/mol. The Kier molecular flexibility index (Phi) is 5.21. The van der Waals surface area contributed by atoms with Crippen LogP contribution in [0.3, 0.4) is 0 Å². The lowest BCUT2D eigenvalue weighted by atomic mass is 9.89. The van der Waals surface area contributed by atoms with Crippen LogP contribution in [0.15, 0.2) is 64.5 Å². The first kappa shape index (κ1) is 19.5. The van der Waals surface area contributed by atoms with Gasteiger partial charge >= 0.3 is 0 Å². The summed E-state index contributed by atoms with van der Waals surface area (Å²) in [5, 5.41) is 1.46. The van der Waals surface area contributed by atoms with Crippen LogP contribution in [0, 0.1) is 11.7 Å². The first-order chi connectivity index (χ1) is 14.6. The summed E-state index contributed by atoms with van der Waals surface area (Å²) in [7, 11) is 0. The Labute approximate surface area is 182 Å². The van der Waals surface area contributed by atoms with Gasteiger partial charge in [0.25, 0.3) is 5.56 Å². The molecule has 152 valence electrons. The summed E-state index contributed by atoms with van der Waals surface area (Å²) in [5.74, 6) is 1.02. The topological polar surface area (TPSA) is 34.9 Å². The molecular weight excluding hydrogens is 415 g/mol. The third-order valence-electron chi connectivity index (χ3n) is 5.59. The fourth-order valence-corrected chi connectivity index (χ4v) is 6.39. The number of nitrogens with zero attached hydrogens (tertiary/aromatic N) is 2. The monoisotopic (exact) mass is 436 g/mol. The lowest BCUT2D eigenvalue weighted by molar-refractivity contribution is 0.509. The molecule has 0 N–H and O–H groups in total. The summed E-state index contributed by atoms with van der Waals surface area (Å²) < 4.78 is 15.0. The average Bonchev–Trinajstić information content (AvgIpc) is 3.11. The van der Waals surface area contributed by atoms with Crippen molar-refractivity contribution in [2.75, 3.05) is 0 Å². The number of rotatable bonds is 4. The molecule has 0 unspecified atom stereocenters. The van der Waals surface area contributed by atoms with Crippen LogP contribution >= 0.6 is 23.1 Å². The molecule has 1 aliphatic rings. The number of aromatic nitrogens is 2. The predicted octanol–water partition coefficient (Wildman–Crippen LogP) is 6.00. The lowest BCUT2D eigenvalue weighted by Gasteiger charge is -2.17. The van der Waals surface area contributed by atoms with E-state index in [0.717, 1.165) is 40.7 Å². The number of para-hydroxylation sites is 1. The first-order valence-corrected chi connectivity index (χ1v) is 11.9. The van der Waals surface area contributed by atoms with Gasteiger partial charge in [-0.3, -0.25) is 9.36 Å². The standard InChI is InChI=1S/C24H21FN2OS2/c1-15-7-12-19-20(13-15)30-22-21(19)23(28)27(18-5-3-2-4-6-18)24(26-22)29-14-16-8-10-17(25)11-9-16/h2-6,8-11,15H,7,12-14H2,1H3/t15-/m0/s1. The molecule has 2 aromatic carbocycles. The van der Waals surface area contributed by atoms with Gasteiger partial charge in [0, 0.05) is 10.6 Å². The molecule has 0 radical (unpaired) electrons. The fraction of sp³-hybridized carbons (Fsp3) is 0.250. The van der Waals surface area contributed by atoms with Crippen LogP contribution in [-0.2, 0) is 18.6 Å². The summed E-state index contributed by atoms with van der Waals surface area (Å²) in [6, 6.07) is 16.2. The van der Waals surface area contributed by atoms with E-state index < -0.39 is 0 Å². The van der Waals surface area contributed by atoms with Gasteiger partial charge in [-0.05, 0) is 60.6 Å². The van der Waals surface area contributed by atoms with Gasteiger partial charge in [-0.2, -0.15) is 0 Å². The molecule has 0 saturated heterocycles. The van der Waals surface area contributed by atoms with Crippen molar-refractivity contribution in [3.8, 4) is 5.69 Å². The van der Waals surface area contributed by atoms with Crippen molar-refractivity contribution in [2.45, 2.75) is 37.1 Å². The van der Waals surface area contributed by atoms with Crippen LogP contribution in [0.4, 0.5) is 4.39 Å². The molecule has 0 amide bonds. The van der Waals surface area contributed by atoms with Gasteiger partial charge in [-0.1, -0.05) is 49.0 Å². The zero-order chi connectivity index (χ0) is 20.7. The number of aryl methyl sites for hydroxylation is 1. The van der Waals surface area contributed by atoms with Crippen molar-refractivity contribution in [3.63, 3.8) is 0 Å². The highest BCUT2D eigenvalue weighted by molar-refractivity contribution is 7.98. The molecule has 2 aromatic heterocycles. The van der Waals surface area contributed by atoms with Crippen molar-refractivity contribution in [3.05, 3.63) is 86.8 Å². The predicted molar refractivity (Wildman–Crippen MR) is 122 cm³/mol. The van der Waals surface area contributed by atoms with Gasteiger partial charge in [-0.25, -0.2) is 9.37 Å². The maximum Gasteiger partial charge on any atom is 0.267 e. The maximum absolute atomic E-state index is 13.7.